The van der Waals surface area contributed by atoms with E-state index in [1.54, 1.807) is 6.26 Å². The Hall–Kier alpha value is -1.84. The molecule has 18 heavy (non-hydrogen) atoms. The Balaban J connectivity index is 2.55. The Bertz CT molecular complexity index is 546. The molecule has 0 aliphatic carbocycles. The molecule has 4 heteroatoms. The third kappa shape index (κ3) is 2.23. The lowest BCUT2D eigenvalue weighted by Gasteiger charge is -2.12. The summed E-state index contributed by atoms with van der Waals surface area (Å²) in [6.07, 6.45) is 2.57. The number of anilines is 1. The van der Waals surface area contributed by atoms with Crippen LogP contribution in [0, 0.1) is 13.8 Å². The van der Waals surface area contributed by atoms with E-state index in [1.807, 2.05) is 13.0 Å². The number of aromatic nitrogens is 2. The number of rotatable bonds is 4. The molecule has 0 bridgehead atoms. The van der Waals surface area contributed by atoms with Crippen molar-refractivity contribution in [2.45, 2.75) is 34.1 Å². The average molecular weight is 245 g/mol. The van der Waals surface area contributed by atoms with E-state index in [9.17, 15) is 0 Å². The Kier molecular flexibility index (Phi) is 3.65. The van der Waals surface area contributed by atoms with Crippen molar-refractivity contribution in [1.82, 2.24) is 9.97 Å². The van der Waals surface area contributed by atoms with Crippen molar-refractivity contribution in [2.75, 3.05) is 11.9 Å². The minimum Gasteiger partial charge on any atom is -0.469 e. The van der Waals surface area contributed by atoms with Crippen molar-refractivity contribution in [2.24, 2.45) is 0 Å². The van der Waals surface area contributed by atoms with Gasteiger partial charge in [-0.3, -0.25) is 0 Å². The number of nitrogens with zero attached hydrogens (tertiary/aromatic N) is 2. The van der Waals surface area contributed by atoms with Gasteiger partial charge in [0.2, 0.25) is 0 Å². The highest BCUT2D eigenvalue weighted by atomic mass is 16.3. The number of aryl methyl sites for hydroxylation is 2. The van der Waals surface area contributed by atoms with Crippen LogP contribution < -0.4 is 5.32 Å². The van der Waals surface area contributed by atoms with Crippen LogP contribution in [-0.2, 0) is 6.42 Å². The van der Waals surface area contributed by atoms with Crippen molar-refractivity contribution >= 4 is 5.82 Å². The van der Waals surface area contributed by atoms with Gasteiger partial charge >= 0.3 is 0 Å². The maximum atomic E-state index is 5.32. The van der Waals surface area contributed by atoms with E-state index in [0.717, 1.165) is 47.2 Å². The quantitative estimate of drug-likeness (QED) is 0.897. The summed E-state index contributed by atoms with van der Waals surface area (Å²) in [4.78, 5) is 9.22. The van der Waals surface area contributed by atoms with E-state index in [1.165, 1.54) is 0 Å². The molecule has 0 aliphatic heterocycles. The van der Waals surface area contributed by atoms with Gasteiger partial charge in [0, 0.05) is 17.8 Å². The third-order valence-corrected chi connectivity index (χ3v) is 3.03. The van der Waals surface area contributed by atoms with Crippen LogP contribution in [0.15, 0.2) is 16.7 Å². The molecule has 4 nitrogen and oxygen atoms in total. The summed E-state index contributed by atoms with van der Waals surface area (Å²) in [6.45, 7) is 9.01. The maximum Gasteiger partial charge on any atom is 0.165 e. The second kappa shape index (κ2) is 5.21. The summed E-state index contributed by atoms with van der Waals surface area (Å²) in [6, 6.07) is 1.91. The first kappa shape index (κ1) is 12.6. The van der Waals surface area contributed by atoms with Gasteiger partial charge in [-0.1, -0.05) is 6.92 Å². The topological polar surface area (TPSA) is 51.0 Å². The zero-order valence-corrected chi connectivity index (χ0v) is 11.4. The van der Waals surface area contributed by atoms with Crippen LogP contribution in [0.2, 0.25) is 0 Å². The van der Waals surface area contributed by atoms with Gasteiger partial charge in [-0.25, -0.2) is 9.97 Å². The molecular formula is C14H19N3O. The fraction of sp³-hybridized carbons (Fsp3) is 0.429. The molecule has 96 valence electrons. The third-order valence-electron chi connectivity index (χ3n) is 3.03. The lowest BCUT2D eigenvalue weighted by atomic mass is 10.1. The summed E-state index contributed by atoms with van der Waals surface area (Å²) in [7, 11) is 0. The molecule has 2 heterocycles. The van der Waals surface area contributed by atoms with Gasteiger partial charge in [-0.2, -0.15) is 0 Å². The molecule has 0 aliphatic rings. The van der Waals surface area contributed by atoms with Gasteiger partial charge < -0.3 is 9.73 Å². The number of hydrogen-bond acceptors (Lipinski definition) is 4. The summed E-state index contributed by atoms with van der Waals surface area (Å²) in [5.74, 6) is 2.50. The van der Waals surface area contributed by atoms with E-state index < -0.39 is 0 Å². The predicted octanol–water partition coefficient (Wildman–Crippen LogP) is 3.35. The monoisotopic (exact) mass is 245 g/mol. The van der Waals surface area contributed by atoms with Crippen molar-refractivity contribution in [3.05, 3.63) is 29.3 Å². The molecule has 0 saturated carbocycles. The standard InChI is InChI=1S/C14H19N3O/c1-5-12-9(3)13(15-6-2)17-14(16-12)11-7-8-18-10(11)4/h7-8H,5-6H2,1-4H3,(H,15,16,17). The van der Waals surface area contributed by atoms with Gasteiger partial charge in [0.15, 0.2) is 5.82 Å². The van der Waals surface area contributed by atoms with Gasteiger partial charge in [0.05, 0.1) is 11.8 Å². The smallest absolute Gasteiger partial charge is 0.165 e. The number of nitrogens with one attached hydrogen (secondary N) is 1. The highest BCUT2D eigenvalue weighted by Crippen LogP contribution is 2.25. The SMILES string of the molecule is CCNc1nc(-c2ccoc2C)nc(CC)c1C. The highest BCUT2D eigenvalue weighted by Gasteiger charge is 2.13. The van der Waals surface area contributed by atoms with Crippen LogP contribution >= 0.6 is 0 Å². The molecular weight excluding hydrogens is 226 g/mol. The summed E-state index contributed by atoms with van der Waals surface area (Å²) in [5.41, 5.74) is 3.17. The van der Waals surface area contributed by atoms with Crippen LogP contribution in [0.3, 0.4) is 0 Å². The molecule has 0 amide bonds. The Morgan fingerprint density at radius 3 is 2.56 bits per heavy atom. The minimum atomic E-state index is 0.736. The molecule has 0 fully saturated rings. The van der Waals surface area contributed by atoms with Gasteiger partial charge in [-0.05, 0) is 33.3 Å². The normalized spacial score (nSPS) is 10.7. The van der Waals surface area contributed by atoms with Crippen LogP contribution in [0.4, 0.5) is 5.82 Å². The van der Waals surface area contributed by atoms with E-state index >= 15 is 0 Å². The van der Waals surface area contributed by atoms with Gasteiger partial charge in [0.25, 0.3) is 0 Å². The Morgan fingerprint density at radius 1 is 1.22 bits per heavy atom. The van der Waals surface area contributed by atoms with E-state index in [2.05, 4.69) is 36.1 Å². The fourth-order valence-corrected chi connectivity index (χ4v) is 1.98. The molecule has 0 atom stereocenters. The first-order chi connectivity index (χ1) is 8.67. The first-order valence-electron chi connectivity index (χ1n) is 6.33. The Morgan fingerprint density at radius 2 is 2.00 bits per heavy atom. The molecule has 0 saturated heterocycles. The molecule has 0 unspecified atom stereocenters. The predicted molar refractivity (Wildman–Crippen MR) is 72.7 cm³/mol. The van der Waals surface area contributed by atoms with Gasteiger partial charge in [0.1, 0.15) is 11.6 Å². The zero-order chi connectivity index (χ0) is 13.1. The molecule has 1 N–H and O–H groups in total. The van der Waals surface area contributed by atoms with Crippen LogP contribution in [0.25, 0.3) is 11.4 Å². The van der Waals surface area contributed by atoms with E-state index in [4.69, 9.17) is 4.42 Å². The summed E-state index contributed by atoms with van der Waals surface area (Å²) >= 11 is 0. The molecule has 0 spiro atoms. The zero-order valence-electron chi connectivity index (χ0n) is 11.4. The second-order valence-corrected chi connectivity index (χ2v) is 4.24. The number of hydrogen-bond donors (Lipinski definition) is 1. The maximum absolute atomic E-state index is 5.32. The van der Waals surface area contributed by atoms with Crippen molar-refractivity contribution in [1.29, 1.82) is 0 Å². The average Bonchev–Trinajstić information content (AvgIpc) is 2.78. The summed E-state index contributed by atoms with van der Waals surface area (Å²) < 4.78 is 5.32. The Labute approximate surface area is 107 Å². The summed E-state index contributed by atoms with van der Waals surface area (Å²) in [5, 5.41) is 3.29. The molecule has 0 radical (unpaired) electrons. The highest BCUT2D eigenvalue weighted by molar-refractivity contribution is 5.61. The molecule has 2 aromatic heterocycles. The molecule has 2 aromatic rings. The molecule has 0 aromatic carbocycles. The first-order valence-corrected chi connectivity index (χ1v) is 6.33. The lowest BCUT2D eigenvalue weighted by Crippen LogP contribution is -2.07. The van der Waals surface area contributed by atoms with Gasteiger partial charge in [-0.15, -0.1) is 0 Å². The van der Waals surface area contributed by atoms with Crippen LogP contribution in [0.5, 0.6) is 0 Å². The van der Waals surface area contributed by atoms with E-state index in [-0.39, 0.29) is 0 Å². The lowest BCUT2D eigenvalue weighted by molar-refractivity contribution is 0.535. The largest absolute Gasteiger partial charge is 0.469 e. The van der Waals surface area contributed by atoms with Crippen LogP contribution in [-0.4, -0.2) is 16.5 Å². The van der Waals surface area contributed by atoms with Crippen LogP contribution in [0.1, 0.15) is 30.9 Å². The minimum absolute atomic E-state index is 0.736. The van der Waals surface area contributed by atoms with Crippen molar-refractivity contribution in [3.8, 4) is 11.4 Å². The molecule has 2 rings (SSSR count). The van der Waals surface area contributed by atoms with Crippen molar-refractivity contribution in [3.63, 3.8) is 0 Å². The van der Waals surface area contributed by atoms with Crippen molar-refractivity contribution < 1.29 is 4.42 Å². The fourth-order valence-electron chi connectivity index (χ4n) is 1.98. The number of furan rings is 1. The van der Waals surface area contributed by atoms with E-state index in [0.29, 0.717) is 0 Å². The second-order valence-electron chi connectivity index (χ2n) is 4.24.